The summed E-state index contributed by atoms with van der Waals surface area (Å²) in [4.78, 5) is 41.8. The minimum Gasteiger partial charge on any atom is -0.493 e. The van der Waals surface area contributed by atoms with Crippen molar-refractivity contribution in [2.75, 3.05) is 7.11 Å². The minimum absolute atomic E-state index is 0.0373. The number of rotatable bonds is 16. The van der Waals surface area contributed by atoms with Gasteiger partial charge in [0.25, 0.3) is 0 Å². The molecule has 7 heteroatoms. The van der Waals surface area contributed by atoms with Crippen molar-refractivity contribution >= 4 is 17.7 Å². The molecule has 0 radical (unpaired) electrons. The Hall–Kier alpha value is -3.22. The van der Waals surface area contributed by atoms with Gasteiger partial charge < -0.3 is 14.2 Å². The summed E-state index contributed by atoms with van der Waals surface area (Å²) in [6.45, 7) is 11.5. The average Bonchev–Trinajstić information content (AvgIpc) is 2.90. The lowest BCUT2D eigenvalue weighted by atomic mass is 9.78. The Morgan fingerprint density at radius 3 is 2.28 bits per heavy atom. The molecule has 1 aromatic carbocycles. The number of nitrogens with zero attached hydrogens (tertiary/aromatic N) is 1. The highest BCUT2D eigenvalue weighted by atomic mass is 16.6. The monoisotopic (exact) mass is 539 g/mol. The standard InChI is InChI=1S/C32H45NO6/c1-8-26(16-12-15-25-13-10-9-11-14-25)27(19-21(2)3)23(5)38-32(36)22(4)20-28(35)30-31(39-24(6)34)29(37-7)17-18-33-30/h9-11,13-14,17-18,21-23,26-27H,8,12,15-16,19-20H2,1-7H3/t22?,23-,26+,27-/m0/s1. The molecule has 0 aliphatic heterocycles. The molecule has 0 saturated heterocycles. The van der Waals surface area contributed by atoms with Crippen LogP contribution in [0.25, 0.3) is 0 Å². The second kappa shape index (κ2) is 16.0. The van der Waals surface area contributed by atoms with E-state index in [9.17, 15) is 14.4 Å². The molecule has 0 aliphatic rings. The minimum atomic E-state index is -0.684. The van der Waals surface area contributed by atoms with Crippen molar-refractivity contribution in [3.63, 3.8) is 0 Å². The van der Waals surface area contributed by atoms with Crippen LogP contribution in [0.1, 0.15) is 89.7 Å². The normalized spacial score (nSPS) is 14.3. The van der Waals surface area contributed by atoms with Crippen molar-refractivity contribution < 1.29 is 28.6 Å². The van der Waals surface area contributed by atoms with Crippen molar-refractivity contribution in [1.29, 1.82) is 0 Å². The number of ether oxygens (including phenoxy) is 3. The molecule has 4 atom stereocenters. The van der Waals surface area contributed by atoms with E-state index in [0.717, 1.165) is 32.1 Å². The molecule has 0 fully saturated rings. The summed E-state index contributed by atoms with van der Waals surface area (Å²) in [5.74, 6) is -0.799. The van der Waals surface area contributed by atoms with Gasteiger partial charge in [0.15, 0.2) is 17.2 Å². The quantitative estimate of drug-likeness (QED) is 0.170. The number of hydrogen-bond donors (Lipinski definition) is 0. The maximum atomic E-state index is 13.1. The van der Waals surface area contributed by atoms with Gasteiger partial charge >= 0.3 is 11.9 Å². The Morgan fingerprint density at radius 2 is 1.69 bits per heavy atom. The molecule has 214 valence electrons. The molecule has 0 N–H and O–H groups in total. The number of esters is 2. The van der Waals surface area contributed by atoms with Crippen LogP contribution in [-0.4, -0.2) is 35.9 Å². The van der Waals surface area contributed by atoms with E-state index in [1.165, 1.54) is 31.9 Å². The Balaban J connectivity index is 2.06. The number of aromatic nitrogens is 1. The maximum Gasteiger partial charge on any atom is 0.309 e. The van der Waals surface area contributed by atoms with Gasteiger partial charge in [0.05, 0.1) is 13.0 Å². The zero-order valence-electron chi connectivity index (χ0n) is 24.6. The average molecular weight is 540 g/mol. The summed E-state index contributed by atoms with van der Waals surface area (Å²) in [6.07, 6.45) is 6.18. The molecular weight excluding hydrogens is 494 g/mol. The number of aryl methyl sites for hydroxylation is 1. The summed E-state index contributed by atoms with van der Waals surface area (Å²) >= 11 is 0. The SMILES string of the molecule is CC[C@H](CCCc1ccccc1)[C@@H](CC(C)C)[C@H](C)OC(=O)C(C)CC(=O)c1nccc(OC)c1OC(C)=O. The van der Waals surface area contributed by atoms with Crippen LogP contribution in [0.5, 0.6) is 11.5 Å². The van der Waals surface area contributed by atoms with Crippen LogP contribution in [0, 0.1) is 23.7 Å². The number of ketones is 1. The van der Waals surface area contributed by atoms with Crippen LogP contribution >= 0.6 is 0 Å². The van der Waals surface area contributed by atoms with Gasteiger partial charge in [0.1, 0.15) is 6.10 Å². The highest BCUT2D eigenvalue weighted by Gasteiger charge is 2.31. The van der Waals surface area contributed by atoms with E-state index in [2.05, 4.69) is 50.0 Å². The number of carbonyl (C=O) groups excluding carboxylic acids is 3. The summed E-state index contributed by atoms with van der Waals surface area (Å²) in [5, 5.41) is 0. The molecule has 1 aromatic heterocycles. The fourth-order valence-corrected chi connectivity index (χ4v) is 5.12. The van der Waals surface area contributed by atoms with Crippen LogP contribution < -0.4 is 9.47 Å². The van der Waals surface area contributed by atoms with E-state index in [-0.39, 0.29) is 35.6 Å². The molecule has 2 rings (SSSR count). The second-order valence-corrected chi connectivity index (χ2v) is 10.8. The first-order chi connectivity index (χ1) is 18.6. The molecule has 0 saturated carbocycles. The number of pyridine rings is 1. The fraction of sp³-hybridized carbons (Fsp3) is 0.562. The molecule has 39 heavy (non-hydrogen) atoms. The van der Waals surface area contributed by atoms with Crippen LogP contribution in [0.3, 0.4) is 0 Å². The zero-order valence-corrected chi connectivity index (χ0v) is 24.6. The van der Waals surface area contributed by atoms with Gasteiger partial charge in [0.2, 0.25) is 5.75 Å². The first-order valence-corrected chi connectivity index (χ1v) is 14.1. The molecule has 0 bridgehead atoms. The van der Waals surface area contributed by atoms with Crippen molar-refractivity contribution in [1.82, 2.24) is 4.98 Å². The van der Waals surface area contributed by atoms with Crippen LogP contribution in [0.15, 0.2) is 42.6 Å². The molecule has 1 unspecified atom stereocenters. The summed E-state index contributed by atoms with van der Waals surface area (Å²) in [7, 11) is 1.41. The van der Waals surface area contributed by atoms with E-state index >= 15 is 0 Å². The lowest BCUT2D eigenvalue weighted by molar-refractivity contribution is -0.156. The Morgan fingerprint density at radius 1 is 1.00 bits per heavy atom. The number of benzene rings is 1. The third-order valence-electron chi connectivity index (χ3n) is 7.15. The first-order valence-electron chi connectivity index (χ1n) is 14.1. The second-order valence-electron chi connectivity index (χ2n) is 10.8. The summed E-state index contributed by atoms with van der Waals surface area (Å²) in [5.41, 5.74) is 1.30. The van der Waals surface area contributed by atoms with E-state index in [1.807, 2.05) is 13.0 Å². The van der Waals surface area contributed by atoms with Crippen LogP contribution in [-0.2, 0) is 20.7 Å². The van der Waals surface area contributed by atoms with Gasteiger partial charge in [-0.2, -0.15) is 0 Å². The lowest BCUT2D eigenvalue weighted by Crippen LogP contribution is -2.33. The van der Waals surface area contributed by atoms with Crippen LogP contribution in [0.4, 0.5) is 0 Å². The first kappa shape index (κ1) is 32.0. The van der Waals surface area contributed by atoms with Gasteiger partial charge in [-0.15, -0.1) is 0 Å². The third-order valence-corrected chi connectivity index (χ3v) is 7.15. The highest BCUT2D eigenvalue weighted by molar-refractivity contribution is 5.99. The van der Waals surface area contributed by atoms with Gasteiger partial charge in [-0.3, -0.25) is 14.4 Å². The number of Topliss-reactive ketones (excluding diaryl/α,β-unsaturated/α-hetero) is 1. The molecule has 2 aromatic rings. The molecule has 0 aliphatic carbocycles. The van der Waals surface area contributed by atoms with Gasteiger partial charge in [-0.05, 0) is 55.9 Å². The fourth-order valence-electron chi connectivity index (χ4n) is 5.12. The van der Waals surface area contributed by atoms with Gasteiger partial charge in [0, 0.05) is 25.6 Å². The van der Waals surface area contributed by atoms with Crippen molar-refractivity contribution in [3.05, 3.63) is 53.9 Å². The molecule has 1 heterocycles. The number of methoxy groups -OCH3 is 1. The van der Waals surface area contributed by atoms with Crippen LogP contribution in [0.2, 0.25) is 0 Å². The van der Waals surface area contributed by atoms with E-state index in [4.69, 9.17) is 14.2 Å². The number of carbonyl (C=O) groups is 3. The smallest absolute Gasteiger partial charge is 0.309 e. The Kier molecular flexibility index (Phi) is 13.1. The van der Waals surface area contributed by atoms with Crippen molar-refractivity contribution in [2.24, 2.45) is 23.7 Å². The Labute approximate surface area is 233 Å². The third kappa shape index (κ3) is 10.1. The van der Waals surface area contributed by atoms with E-state index in [1.54, 1.807) is 6.92 Å². The maximum absolute atomic E-state index is 13.1. The zero-order chi connectivity index (χ0) is 28.9. The predicted octanol–water partition coefficient (Wildman–Crippen LogP) is 6.87. The number of hydrogen-bond acceptors (Lipinski definition) is 7. The van der Waals surface area contributed by atoms with E-state index in [0.29, 0.717) is 11.8 Å². The molecule has 7 nitrogen and oxygen atoms in total. The van der Waals surface area contributed by atoms with E-state index < -0.39 is 23.6 Å². The predicted molar refractivity (Wildman–Crippen MR) is 152 cm³/mol. The highest BCUT2D eigenvalue weighted by Crippen LogP contribution is 2.33. The van der Waals surface area contributed by atoms with Gasteiger partial charge in [-0.1, -0.05) is 64.4 Å². The van der Waals surface area contributed by atoms with Crippen molar-refractivity contribution in [2.45, 2.75) is 86.2 Å². The Bertz CT molecular complexity index is 1070. The van der Waals surface area contributed by atoms with Gasteiger partial charge in [-0.25, -0.2) is 4.98 Å². The largest absolute Gasteiger partial charge is 0.493 e. The molecule has 0 spiro atoms. The molecular formula is C32H45NO6. The topological polar surface area (TPSA) is 91.8 Å². The lowest BCUT2D eigenvalue weighted by Gasteiger charge is -2.33. The summed E-state index contributed by atoms with van der Waals surface area (Å²) < 4.78 is 16.4. The summed E-state index contributed by atoms with van der Waals surface area (Å²) in [6, 6.07) is 12.0. The molecule has 0 amide bonds. The van der Waals surface area contributed by atoms with Crippen molar-refractivity contribution in [3.8, 4) is 11.5 Å².